The molecule has 1 atom stereocenters. The molecule has 1 aliphatic carbocycles. The van der Waals surface area contributed by atoms with Gasteiger partial charge in [-0.15, -0.1) is 0 Å². The van der Waals surface area contributed by atoms with Crippen molar-refractivity contribution in [3.05, 3.63) is 0 Å². The molecule has 3 fully saturated rings. The van der Waals surface area contributed by atoms with Crippen LogP contribution in [0.4, 0.5) is 0 Å². The van der Waals surface area contributed by atoms with E-state index in [0.29, 0.717) is 24.7 Å². The van der Waals surface area contributed by atoms with Crippen molar-refractivity contribution in [2.45, 2.75) is 57.4 Å². The number of nitrogens with one attached hydrogen (secondary N) is 1. The molecule has 19 heavy (non-hydrogen) atoms. The van der Waals surface area contributed by atoms with E-state index in [2.05, 4.69) is 5.32 Å². The van der Waals surface area contributed by atoms with E-state index in [-0.39, 0.29) is 17.9 Å². The van der Waals surface area contributed by atoms with Gasteiger partial charge in [-0.25, -0.2) is 0 Å². The highest BCUT2D eigenvalue weighted by Crippen LogP contribution is 2.38. The molecule has 3 aliphatic rings. The Balaban J connectivity index is 1.65. The summed E-state index contributed by atoms with van der Waals surface area (Å²) in [6.07, 6.45) is 8.23. The van der Waals surface area contributed by atoms with Gasteiger partial charge in [0.25, 0.3) is 0 Å². The number of piperidine rings is 2. The highest BCUT2D eigenvalue weighted by Gasteiger charge is 2.40. The molecule has 4 nitrogen and oxygen atoms in total. The summed E-state index contributed by atoms with van der Waals surface area (Å²) in [7, 11) is 0. The van der Waals surface area contributed by atoms with Crippen LogP contribution >= 0.6 is 0 Å². The Morgan fingerprint density at radius 1 is 0.895 bits per heavy atom. The molecule has 106 valence electrons. The molecule has 1 N–H and O–H groups in total. The predicted molar refractivity (Wildman–Crippen MR) is 72.4 cm³/mol. The van der Waals surface area contributed by atoms with Gasteiger partial charge in [0.1, 0.15) is 0 Å². The quantitative estimate of drug-likeness (QED) is 0.772. The first-order valence-electron chi connectivity index (χ1n) is 7.81. The topological polar surface area (TPSA) is 49.4 Å². The first-order valence-corrected chi connectivity index (χ1v) is 7.81. The molecule has 2 saturated heterocycles. The lowest BCUT2D eigenvalue weighted by atomic mass is 9.82. The van der Waals surface area contributed by atoms with Crippen LogP contribution < -0.4 is 5.32 Å². The van der Waals surface area contributed by atoms with Crippen molar-refractivity contribution in [1.82, 2.24) is 10.2 Å². The lowest BCUT2D eigenvalue weighted by Crippen LogP contribution is -2.54. The summed E-state index contributed by atoms with van der Waals surface area (Å²) in [4.78, 5) is 26.3. The highest BCUT2D eigenvalue weighted by atomic mass is 16.2. The number of rotatable bonds is 2. The van der Waals surface area contributed by atoms with Crippen LogP contribution in [0.15, 0.2) is 0 Å². The smallest absolute Gasteiger partial charge is 0.229 e. The molecular weight excluding hydrogens is 240 g/mol. The molecule has 1 saturated carbocycles. The van der Waals surface area contributed by atoms with E-state index in [0.717, 1.165) is 25.9 Å². The predicted octanol–water partition coefficient (Wildman–Crippen LogP) is 1.69. The lowest BCUT2D eigenvalue weighted by molar-refractivity contribution is -0.154. The zero-order valence-corrected chi connectivity index (χ0v) is 11.6. The summed E-state index contributed by atoms with van der Waals surface area (Å²) in [6, 6.07) is 0.110. The second-order valence-electron chi connectivity index (χ2n) is 6.37. The largest absolute Gasteiger partial charge is 0.315 e. The third-order valence-electron chi connectivity index (χ3n) is 5.11. The molecular formula is C15H24N2O2. The van der Waals surface area contributed by atoms with Gasteiger partial charge in [0.05, 0.1) is 6.04 Å². The van der Waals surface area contributed by atoms with Crippen LogP contribution in [0.25, 0.3) is 0 Å². The first-order chi connectivity index (χ1) is 9.25. The number of hydrogen-bond acceptors (Lipinski definition) is 3. The average molecular weight is 264 g/mol. The average Bonchev–Trinajstić information content (AvgIpc) is 2.93. The molecule has 1 unspecified atom stereocenters. The van der Waals surface area contributed by atoms with Crippen LogP contribution in [-0.2, 0) is 9.59 Å². The van der Waals surface area contributed by atoms with Crippen LogP contribution in [0.3, 0.4) is 0 Å². The van der Waals surface area contributed by atoms with Gasteiger partial charge in [-0.05, 0) is 31.2 Å². The van der Waals surface area contributed by atoms with Crippen molar-refractivity contribution < 1.29 is 9.59 Å². The number of hydrogen-bond donors (Lipinski definition) is 1. The van der Waals surface area contributed by atoms with E-state index >= 15 is 0 Å². The second-order valence-corrected chi connectivity index (χ2v) is 6.37. The molecule has 2 heterocycles. The first kappa shape index (κ1) is 13.1. The Morgan fingerprint density at radius 3 is 2.16 bits per heavy atom. The summed E-state index contributed by atoms with van der Waals surface area (Å²) in [5.41, 5.74) is 0. The number of nitrogens with zero attached hydrogens (tertiary/aromatic N) is 1. The lowest BCUT2D eigenvalue weighted by Gasteiger charge is -2.39. The molecule has 0 bridgehead atoms. The second kappa shape index (κ2) is 5.61. The Kier molecular flexibility index (Phi) is 3.87. The number of carbonyl (C=O) groups excluding carboxylic acids is 2. The third-order valence-corrected chi connectivity index (χ3v) is 5.11. The minimum Gasteiger partial charge on any atom is -0.315 e. The molecule has 0 aromatic rings. The molecule has 2 aliphatic heterocycles. The van der Waals surface area contributed by atoms with Gasteiger partial charge < -0.3 is 5.32 Å². The van der Waals surface area contributed by atoms with Gasteiger partial charge in [-0.1, -0.05) is 25.7 Å². The van der Waals surface area contributed by atoms with Gasteiger partial charge >= 0.3 is 0 Å². The van der Waals surface area contributed by atoms with Crippen molar-refractivity contribution >= 4 is 11.8 Å². The van der Waals surface area contributed by atoms with Gasteiger partial charge in [-0.2, -0.15) is 0 Å². The van der Waals surface area contributed by atoms with Crippen molar-refractivity contribution in [1.29, 1.82) is 0 Å². The van der Waals surface area contributed by atoms with Crippen LogP contribution in [-0.4, -0.2) is 35.8 Å². The zero-order chi connectivity index (χ0) is 13.2. The summed E-state index contributed by atoms with van der Waals surface area (Å²) in [5.74, 6) is 1.12. The van der Waals surface area contributed by atoms with Gasteiger partial charge in [0, 0.05) is 19.4 Å². The normalized spacial score (nSPS) is 31.2. The molecule has 0 aromatic heterocycles. The van der Waals surface area contributed by atoms with E-state index in [1.165, 1.54) is 25.7 Å². The Hall–Kier alpha value is -0.900. The zero-order valence-electron chi connectivity index (χ0n) is 11.6. The maximum atomic E-state index is 12.3. The monoisotopic (exact) mass is 264 g/mol. The van der Waals surface area contributed by atoms with Crippen molar-refractivity contribution in [2.75, 3.05) is 13.1 Å². The Morgan fingerprint density at radius 2 is 1.58 bits per heavy atom. The minimum atomic E-state index is 0.0850. The fourth-order valence-corrected chi connectivity index (χ4v) is 4.08. The fraction of sp³-hybridized carbons (Fsp3) is 0.867. The number of likely N-dealkylation sites (tertiary alicyclic amines) is 1. The fourth-order valence-electron chi connectivity index (χ4n) is 4.08. The van der Waals surface area contributed by atoms with Crippen LogP contribution in [0.1, 0.15) is 51.4 Å². The van der Waals surface area contributed by atoms with Crippen LogP contribution in [0.5, 0.6) is 0 Å². The summed E-state index contributed by atoms with van der Waals surface area (Å²) >= 11 is 0. The highest BCUT2D eigenvalue weighted by molar-refractivity contribution is 5.98. The van der Waals surface area contributed by atoms with E-state index in [9.17, 15) is 9.59 Å². The molecule has 0 aromatic carbocycles. The SMILES string of the molecule is O=C1CC(C2CCCC2)CC(=O)N1C1CCCNC1. The summed E-state index contributed by atoms with van der Waals surface area (Å²) in [5, 5.41) is 3.29. The van der Waals surface area contributed by atoms with Gasteiger partial charge in [0.15, 0.2) is 0 Å². The van der Waals surface area contributed by atoms with Gasteiger partial charge in [-0.3, -0.25) is 14.5 Å². The van der Waals surface area contributed by atoms with Crippen LogP contribution in [0, 0.1) is 11.8 Å². The van der Waals surface area contributed by atoms with E-state index < -0.39 is 0 Å². The molecule has 0 radical (unpaired) electrons. The molecule has 3 rings (SSSR count). The van der Waals surface area contributed by atoms with E-state index in [1.54, 1.807) is 4.90 Å². The third kappa shape index (κ3) is 2.69. The Bertz CT molecular complexity index is 339. The molecule has 0 spiro atoms. The van der Waals surface area contributed by atoms with E-state index in [4.69, 9.17) is 0 Å². The van der Waals surface area contributed by atoms with Gasteiger partial charge in [0.2, 0.25) is 11.8 Å². The van der Waals surface area contributed by atoms with Crippen molar-refractivity contribution in [3.8, 4) is 0 Å². The number of imide groups is 1. The summed E-state index contributed by atoms with van der Waals surface area (Å²) < 4.78 is 0. The minimum absolute atomic E-state index is 0.0850. The van der Waals surface area contributed by atoms with E-state index in [1.807, 2.05) is 0 Å². The standard InChI is InChI=1S/C15H24N2O2/c18-14-8-12(11-4-1-2-5-11)9-15(19)17(14)13-6-3-7-16-10-13/h11-13,16H,1-10H2. The molecule has 2 amide bonds. The Labute approximate surface area is 114 Å². The number of amides is 2. The molecule has 4 heteroatoms. The summed E-state index contributed by atoms with van der Waals surface area (Å²) in [6.45, 7) is 1.79. The van der Waals surface area contributed by atoms with Crippen molar-refractivity contribution in [2.24, 2.45) is 11.8 Å². The maximum Gasteiger partial charge on any atom is 0.229 e. The number of carbonyl (C=O) groups is 2. The van der Waals surface area contributed by atoms with Crippen molar-refractivity contribution in [3.63, 3.8) is 0 Å². The van der Waals surface area contributed by atoms with Crippen LogP contribution in [0.2, 0.25) is 0 Å². The maximum absolute atomic E-state index is 12.3.